The smallest absolute Gasteiger partial charge is 0.319 e. The number of nitrogens with zero attached hydrogens (tertiary/aromatic N) is 1. The number of likely N-dealkylation sites (N-methyl/N-ethyl adjacent to an activating group) is 1. The van der Waals surface area contributed by atoms with Gasteiger partial charge in [0.15, 0.2) is 0 Å². The van der Waals surface area contributed by atoms with E-state index >= 15 is 0 Å². The van der Waals surface area contributed by atoms with E-state index in [1.54, 1.807) is 0 Å². The quantitative estimate of drug-likeness (QED) is 0.593. The fraction of sp³-hybridized carbons (Fsp3) is 0.600. The second-order valence-electron chi connectivity index (χ2n) is 7.41. The van der Waals surface area contributed by atoms with Gasteiger partial charge < -0.3 is 21.3 Å². The van der Waals surface area contributed by atoms with Gasteiger partial charge in [-0.05, 0) is 56.5 Å². The summed E-state index contributed by atoms with van der Waals surface area (Å²) in [5, 5.41) is 11.6. The first-order chi connectivity index (χ1) is 13.1. The van der Waals surface area contributed by atoms with Crippen molar-refractivity contribution in [3.8, 4) is 0 Å². The van der Waals surface area contributed by atoms with Crippen molar-refractivity contribution in [2.24, 2.45) is 0 Å². The number of benzene rings is 1. The van der Waals surface area contributed by atoms with Gasteiger partial charge in [0.2, 0.25) is 0 Å². The van der Waals surface area contributed by atoms with E-state index in [4.69, 9.17) is 0 Å². The fourth-order valence-electron chi connectivity index (χ4n) is 3.50. The molecule has 1 atom stereocenters. The first kappa shape index (κ1) is 19.5. The van der Waals surface area contributed by atoms with Crippen LogP contribution in [0.1, 0.15) is 44.6 Å². The molecule has 1 saturated heterocycles. The van der Waals surface area contributed by atoms with Crippen LogP contribution in [0.3, 0.4) is 0 Å². The Kier molecular flexibility index (Phi) is 6.92. The van der Waals surface area contributed by atoms with E-state index in [1.807, 2.05) is 24.3 Å². The maximum atomic E-state index is 12.1. The van der Waals surface area contributed by atoms with Crippen LogP contribution >= 0.6 is 0 Å². The minimum atomic E-state index is -0.173. The zero-order valence-electron chi connectivity index (χ0n) is 16.1. The summed E-state index contributed by atoms with van der Waals surface area (Å²) in [6, 6.07) is 7.98. The molecule has 1 aliphatic heterocycles. The molecule has 0 radical (unpaired) electrons. The molecule has 0 aromatic heterocycles. The van der Waals surface area contributed by atoms with Gasteiger partial charge in [-0.2, -0.15) is 0 Å². The van der Waals surface area contributed by atoms with Crippen molar-refractivity contribution in [2.45, 2.75) is 57.7 Å². The third-order valence-corrected chi connectivity index (χ3v) is 5.20. The summed E-state index contributed by atoms with van der Waals surface area (Å²) in [5.41, 5.74) is 1.68. The molecular weight excluding hydrogens is 342 g/mol. The average Bonchev–Trinajstić information content (AvgIpc) is 3.49. The third-order valence-electron chi connectivity index (χ3n) is 5.20. The molecule has 1 aromatic carbocycles. The summed E-state index contributed by atoms with van der Waals surface area (Å²) in [7, 11) is 0. The van der Waals surface area contributed by atoms with Gasteiger partial charge in [-0.3, -0.25) is 4.90 Å². The number of hydrogen-bond acceptors (Lipinski definition) is 3. The van der Waals surface area contributed by atoms with Crippen LogP contribution in [0.5, 0.6) is 0 Å². The molecule has 27 heavy (non-hydrogen) atoms. The summed E-state index contributed by atoms with van der Waals surface area (Å²) in [6.45, 7) is 5.43. The Bertz CT molecular complexity index is 647. The van der Waals surface area contributed by atoms with Crippen LogP contribution < -0.4 is 21.3 Å². The van der Waals surface area contributed by atoms with Crippen LogP contribution in [0.15, 0.2) is 24.3 Å². The van der Waals surface area contributed by atoms with Crippen LogP contribution in [-0.2, 0) is 6.54 Å². The van der Waals surface area contributed by atoms with E-state index in [1.165, 1.54) is 12.8 Å². The van der Waals surface area contributed by atoms with Gasteiger partial charge in [-0.15, -0.1) is 0 Å². The molecule has 0 unspecified atom stereocenters. The Morgan fingerprint density at radius 3 is 2.74 bits per heavy atom. The van der Waals surface area contributed by atoms with Gasteiger partial charge in [0.1, 0.15) is 0 Å². The van der Waals surface area contributed by atoms with Crippen LogP contribution in [0, 0.1) is 0 Å². The fourth-order valence-corrected chi connectivity index (χ4v) is 3.50. The van der Waals surface area contributed by atoms with Gasteiger partial charge in [0.25, 0.3) is 0 Å². The Hall–Kier alpha value is -2.28. The Balaban J connectivity index is 1.40. The van der Waals surface area contributed by atoms with E-state index in [2.05, 4.69) is 33.1 Å². The van der Waals surface area contributed by atoms with Crippen molar-refractivity contribution in [1.82, 2.24) is 20.9 Å². The van der Waals surface area contributed by atoms with Crippen LogP contribution in [0.2, 0.25) is 0 Å². The zero-order valence-corrected chi connectivity index (χ0v) is 16.1. The molecule has 1 aromatic rings. The van der Waals surface area contributed by atoms with Crippen LogP contribution in [-0.4, -0.2) is 48.7 Å². The average molecular weight is 374 g/mol. The zero-order chi connectivity index (χ0) is 19.1. The number of nitrogens with one attached hydrogen (secondary N) is 4. The predicted molar refractivity (Wildman–Crippen MR) is 107 cm³/mol. The first-order valence-electron chi connectivity index (χ1n) is 10.1. The number of anilines is 1. The number of hydrogen-bond donors (Lipinski definition) is 4. The van der Waals surface area contributed by atoms with Gasteiger partial charge in [0.05, 0.1) is 0 Å². The maximum Gasteiger partial charge on any atom is 0.319 e. The van der Waals surface area contributed by atoms with Crippen LogP contribution in [0.25, 0.3) is 0 Å². The first-order valence-corrected chi connectivity index (χ1v) is 10.1. The van der Waals surface area contributed by atoms with Gasteiger partial charge in [0, 0.05) is 30.9 Å². The van der Waals surface area contributed by atoms with Gasteiger partial charge >= 0.3 is 12.1 Å². The molecule has 1 saturated carbocycles. The number of carbonyl (C=O) groups excluding carboxylic acids is 2. The summed E-state index contributed by atoms with van der Waals surface area (Å²) >= 11 is 0. The van der Waals surface area contributed by atoms with E-state index < -0.39 is 0 Å². The monoisotopic (exact) mass is 373 g/mol. The highest BCUT2D eigenvalue weighted by atomic mass is 16.2. The molecular formula is C20H31N5O2. The molecule has 4 N–H and O–H groups in total. The van der Waals surface area contributed by atoms with Crippen molar-refractivity contribution in [1.29, 1.82) is 0 Å². The van der Waals surface area contributed by atoms with Crippen molar-refractivity contribution in [2.75, 3.05) is 25.0 Å². The van der Waals surface area contributed by atoms with Gasteiger partial charge in [-0.25, -0.2) is 9.59 Å². The SMILES string of the molecule is CCN1CCCC[C@@H]1CNC(=O)NCc1cccc(NC(=O)NC2CC2)c1. The third kappa shape index (κ3) is 6.43. The topological polar surface area (TPSA) is 85.5 Å². The number of carbonyl (C=O) groups is 2. The lowest BCUT2D eigenvalue weighted by Gasteiger charge is -2.34. The van der Waals surface area contributed by atoms with Crippen molar-refractivity contribution < 1.29 is 9.59 Å². The molecule has 1 aliphatic carbocycles. The molecule has 2 aliphatic rings. The van der Waals surface area contributed by atoms with E-state index in [9.17, 15) is 9.59 Å². The lowest BCUT2D eigenvalue weighted by Crippen LogP contribution is -2.48. The van der Waals surface area contributed by atoms with E-state index in [-0.39, 0.29) is 12.1 Å². The lowest BCUT2D eigenvalue weighted by atomic mass is 10.0. The number of rotatable bonds is 7. The largest absolute Gasteiger partial charge is 0.337 e. The summed E-state index contributed by atoms with van der Waals surface area (Å²) < 4.78 is 0. The lowest BCUT2D eigenvalue weighted by molar-refractivity contribution is 0.153. The molecule has 2 fully saturated rings. The minimum absolute atomic E-state index is 0.151. The van der Waals surface area contributed by atoms with Crippen molar-refractivity contribution in [3.63, 3.8) is 0 Å². The summed E-state index contributed by atoms with van der Waals surface area (Å²) in [4.78, 5) is 26.4. The second-order valence-corrected chi connectivity index (χ2v) is 7.41. The number of piperidine rings is 1. The molecule has 0 spiro atoms. The Morgan fingerprint density at radius 2 is 1.96 bits per heavy atom. The highest BCUT2D eigenvalue weighted by Gasteiger charge is 2.23. The number of urea groups is 2. The highest BCUT2D eigenvalue weighted by molar-refractivity contribution is 5.89. The normalized spacial score (nSPS) is 20.0. The molecule has 3 rings (SSSR count). The Morgan fingerprint density at radius 1 is 1.11 bits per heavy atom. The van der Waals surface area contributed by atoms with E-state index in [0.29, 0.717) is 25.2 Å². The molecule has 1 heterocycles. The Labute approximate surface area is 161 Å². The second kappa shape index (κ2) is 9.60. The van der Waals surface area contributed by atoms with E-state index in [0.717, 1.165) is 43.6 Å². The molecule has 7 heteroatoms. The standard InChI is InChI=1S/C20H31N5O2/c1-2-25-11-4-3-8-18(25)14-22-19(26)21-13-15-6-5-7-17(12-15)24-20(27)23-16-9-10-16/h5-7,12,16,18H,2-4,8-11,13-14H2,1H3,(H2,21,22,26)(H2,23,24,27)/t18-/m1/s1. The minimum Gasteiger partial charge on any atom is -0.337 e. The highest BCUT2D eigenvalue weighted by Crippen LogP contribution is 2.19. The number of likely N-dealkylation sites (tertiary alicyclic amines) is 1. The van der Waals surface area contributed by atoms with Crippen molar-refractivity contribution in [3.05, 3.63) is 29.8 Å². The summed E-state index contributed by atoms with van der Waals surface area (Å²) in [5.74, 6) is 0. The molecule has 148 valence electrons. The summed E-state index contributed by atoms with van der Waals surface area (Å²) in [6.07, 6.45) is 5.75. The molecule has 4 amide bonds. The van der Waals surface area contributed by atoms with Gasteiger partial charge in [-0.1, -0.05) is 25.5 Å². The van der Waals surface area contributed by atoms with Crippen molar-refractivity contribution >= 4 is 17.7 Å². The number of amides is 4. The molecule has 0 bridgehead atoms. The molecule has 7 nitrogen and oxygen atoms in total. The van der Waals surface area contributed by atoms with Crippen LogP contribution in [0.4, 0.5) is 15.3 Å². The predicted octanol–water partition coefficient (Wildman–Crippen LogP) is 2.64. The maximum absolute atomic E-state index is 12.1.